The van der Waals surface area contributed by atoms with Gasteiger partial charge in [-0.15, -0.1) is 5.10 Å². The topological polar surface area (TPSA) is 115 Å². The van der Waals surface area contributed by atoms with E-state index in [-0.39, 0.29) is 11.8 Å². The van der Waals surface area contributed by atoms with Crippen molar-refractivity contribution < 1.29 is 14.3 Å². The zero-order chi connectivity index (χ0) is 21.3. The molecule has 0 saturated heterocycles. The van der Waals surface area contributed by atoms with E-state index < -0.39 is 0 Å². The lowest BCUT2D eigenvalue weighted by Crippen LogP contribution is -2.17. The van der Waals surface area contributed by atoms with Crippen LogP contribution in [0, 0.1) is 6.92 Å². The molecule has 0 fully saturated rings. The molecular formula is C20H19N7O3. The zero-order valence-corrected chi connectivity index (χ0v) is 16.6. The fraction of sp³-hybridized carbons (Fsp3) is 0.150. The molecule has 0 aliphatic carbocycles. The van der Waals surface area contributed by atoms with Crippen molar-refractivity contribution in [2.45, 2.75) is 13.8 Å². The molecule has 3 aromatic heterocycles. The van der Waals surface area contributed by atoms with Gasteiger partial charge in [-0.25, -0.2) is 14.5 Å². The monoisotopic (exact) mass is 405 g/mol. The second-order valence-electron chi connectivity index (χ2n) is 6.68. The van der Waals surface area contributed by atoms with Crippen LogP contribution >= 0.6 is 0 Å². The van der Waals surface area contributed by atoms with Crippen LogP contribution < -0.4 is 15.4 Å². The molecule has 0 aliphatic rings. The fourth-order valence-electron chi connectivity index (χ4n) is 2.84. The van der Waals surface area contributed by atoms with Gasteiger partial charge in [-0.2, -0.15) is 0 Å². The molecular weight excluding hydrogens is 386 g/mol. The summed E-state index contributed by atoms with van der Waals surface area (Å²) in [6.07, 6.45) is 4.87. The molecule has 2 amide bonds. The molecule has 0 bridgehead atoms. The van der Waals surface area contributed by atoms with Crippen molar-refractivity contribution in [2.24, 2.45) is 7.05 Å². The van der Waals surface area contributed by atoms with Crippen LogP contribution in [-0.4, -0.2) is 36.0 Å². The highest BCUT2D eigenvalue weighted by Gasteiger charge is 2.13. The van der Waals surface area contributed by atoms with Crippen molar-refractivity contribution in [3.05, 3.63) is 60.3 Å². The minimum atomic E-state index is -0.314. The Kier molecular flexibility index (Phi) is 4.88. The molecule has 0 radical (unpaired) electrons. The summed E-state index contributed by atoms with van der Waals surface area (Å²) in [5.74, 6) is 1.02. The average Bonchev–Trinajstić information content (AvgIpc) is 3.29. The van der Waals surface area contributed by atoms with Crippen LogP contribution in [0.3, 0.4) is 0 Å². The van der Waals surface area contributed by atoms with Gasteiger partial charge in [-0.1, -0.05) is 6.07 Å². The van der Waals surface area contributed by atoms with Crippen molar-refractivity contribution >= 4 is 29.0 Å². The first-order valence-electron chi connectivity index (χ1n) is 9.10. The summed E-state index contributed by atoms with van der Waals surface area (Å²) in [6, 6.07) is 8.75. The standard InChI is InChI=1S/C20H19N7O3/c1-12-4-5-14(10-15(12)23-20(29)19-21-8-9-26(19)3)30-18-7-6-17-24-16(22-13(2)28)11-27(17)25-18/h4-11H,1-3H3,(H,22,28)(H,23,29). The molecule has 4 aromatic rings. The maximum absolute atomic E-state index is 12.5. The molecule has 0 atom stereocenters. The van der Waals surface area contributed by atoms with Crippen LogP contribution in [0.2, 0.25) is 0 Å². The molecule has 30 heavy (non-hydrogen) atoms. The predicted molar refractivity (Wildman–Crippen MR) is 110 cm³/mol. The second kappa shape index (κ2) is 7.66. The number of aromatic nitrogens is 5. The molecule has 0 saturated carbocycles. The number of carbonyl (C=O) groups is 2. The molecule has 0 spiro atoms. The van der Waals surface area contributed by atoms with E-state index in [1.165, 1.54) is 11.4 Å². The zero-order valence-electron chi connectivity index (χ0n) is 16.6. The van der Waals surface area contributed by atoms with Gasteiger partial charge < -0.3 is 19.9 Å². The third kappa shape index (κ3) is 3.97. The number of benzene rings is 1. The Morgan fingerprint density at radius 1 is 1.13 bits per heavy atom. The summed E-state index contributed by atoms with van der Waals surface area (Å²) >= 11 is 0. The fourth-order valence-corrected chi connectivity index (χ4v) is 2.84. The highest BCUT2D eigenvalue weighted by atomic mass is 16.5. The summed E-state index contributed by atoms with van der Waals surface area (Å²) < 4.78 is 9.01. The van der Waals surface area contributed by atoms with Gasteiger partial charge in [-0.3, -0.25) is 9.59 Å². The number of hydrogen-bond acceptors (Lipinski definition) is 6. The highest BCUT2D eigenvalue weighted by molar-refractivity contribution is 6.02. The van der Waals surface area contributed by atoms with Crippen LogP contribution in [0.25, 0.3) is 5.65 Å². The first kappa shape index (κ1) is 19.1. The number of nitrogens with zero attached hydrogens (tertiary/aromatic N) is 5. The van der Waals surface area contributed by atoms with Gasteiger partial charge in [0.05, 0.1) is 6.20 Å². The molecule has 0 aliphatic heterocycles. The summed E-state index contributed by atoms with van der Waals surface area (Å²) in [5.41, 5.74) is 2.05. The number of rotatable bonds is 5. The number of aryl methyl sites for hydroxylation is 2. The Labute approximate surface area is 171 Å². The molecule has 0 unspecified atom stereocenters. The second-order valence-corrected chi connectivity index (χ2v) is 6.68. The lowest BCUT2D eigenvalue weighted by atomic mass is 10.2. The predicted octanol–water partition coefficient (Wildman–Crippen LogP) is 2.77. The summed E-state index contributed by atoms with van der Waals surface area (Å²) in [7, 11) is 1.75. The van der Waals surface area contributed by atoms with Crippen LogP contribution in [0.15, 0.2) is 48.9 Å². The lowest BCUT2D eigenvalue weighted by molar-refractivity contribution is -0.114. The number of amides is 2. The van der Waals surface area contributed by atoms with E-state index in [0.29, 0.717) is 34.6 Å². The molecule has 152 valence electrons. The van der Waals surface area contributed by atoms with Gasteiger partial charge >= 0.3 is 0 Å². The van der Waals surface area contributed by atoms with Gasteiger partial charge in [0.15, 0.2) is 17.3 Å². The maximum Gasteiger partial charge on any atom is 0.291 e. The quantitative estimate of drug-likeness (QED) is 0.528. The number of fused-ring (bicyclic) bond motifs is 1. The van der Waals surface area contributed by atoms with E-state index in [4.69, 9.17) is 4.74 Å². The molecule has 2 N–H and O–H groups in total. The van der Waals surface area contributed by atoms with Crippen LogP contribution in [-0.2, 0) is 11.8 Å². The summed E-state index contributed by atoms with van der Waals surface area (Å²) in [6.45, 7) is 3.30. The normalized spacial score (nSPS) is 10.8. The number of anilines is 2. The van der Waals surface area contributed by atoms with Crippen molar-refractivity contribution in [1.82, 2.24) is 24.1 Å². The molecule has 1 aromatic carbocycles. The summed E-state index contributed by atoms with van der Waals surface area (Å²) in [5, 5.41) is 9.81. The molecule has 10 heteroatoms. The lowest BCUT2D eigenvalue weighted by Gasteiger charge is -2.11. The average molecular weight is 405 g/mol. The number of hydrogen-bond donors (Lipinski definition) is 2. The Morgan fingerprint density at radius 2 is 1.97 bits per heavy atom. The SMILES string of the molecule is CC(=O)Nc1cn2nc(Oc3ccc(C)c(NC(=O)c4nccn4C)c3)ccc2n1. The number of nitrogens with one attached hydrogen (secondary N) is 2. The van der Waals surface area contributed by atoms with Gasteiger partial charge in [-0.05, 0) is 24.6 Å². The minimum absolute atomic E-state index is 0.213. The van der Waals surface area contributed by atoms with E-state index in [0.717, 1.165) is 5.56 Å². The van der Waals surface area contributed by atoms with Crippen molar-refractivity contribution in [2.75, 3.05) is 10.6 Å². The molecule has 10 nitrogen and oxygen atoms in total. The van der Waals surface area contributed by atoms with Gasteiger partial charge in [0.1, 0.15) is 5.75 Å². The number of ether oxygens (including phenoxy) is 1. The Bertz CT molecular complexity index is 1260. The largest absolute Gasteiger partial charge is 0.438 e. The first-order valence-corrected chi connectivity index (χ1v) is 9.10. The maximum atomic E-state index is 12.5. The Hall–Kier alpha value is -4.21. The third-order valence-electron chi connectivity index (χ3n) is 4.30. The minimum Gasteiger partial charge on any atom is -0.438 e. The third-order valence-corrected chi connectivity index (χ3v) is 4.30. The molecule has 4 rings (SSSR count). The number of carbonyl (C=O) groups excluding carboxylic acids is 2. The van der Waals surface area contributed by atoms with E-state index in [1.54, 1.807) is 54.5 Å². The van der Waals surface area contributed by atoms with Crippen molar-refractivity contribution in [1.29, 1.82) is 0 Å². The van der Waals surface area contributed by atoms with Crippen molar-refractivity contribution in [3.63, 3.8) is 0 Å². The summed E-state index contributed by atoms with van der Waals surface area (Å²) in [4.78, 5) is 31.9. The smallest absolute Gasteiger partial charge is 0.291 e. The van der Waals surface area contributed by atoms with Gasteiger partial charge in [0.25, 0.3) is 5.91 Å². The van der Waals surface area contributed by atoms with Crippen LogP contribution in [0.4, 0.5) is 11.5 Å². The van der Waals surface area contributed by atoms with E-state index in [1.807, 2.05) is 13.0 Å². The van der Waals surface area contributed by atoms with Crippen LogP contribution in [0.1, 0.15) is 23.1 Å². The van der Waals surface area contributed by atoms with Crippen LogP contribution in [0.5, 0.6) is 11.6 Å². The van der Waals surface area contributed by atoms with Gasteiger partial charge in [0, 0.05) is 44.2 Å². The van der Waals surface area contributed by atoms with E-state index in [2.05, 4.69) is 25.7 Å². The molecule has 3 heterocycles. The van der Waals surface area contributed by atoms with E-state index >= 15 is 0 Å². The Balaban J connectivity index is 1.54. The van der Waals surface area contributed by atoms with Gasteiger partial charge in [0.2, 0.25) is 11.8 Å². The number of imidazole rings is 2. The van der Waals surface area contributed by atoms with E-state index in [9.17, 15) is 9.59 Å². The van der Waals surface area contributed by atoms with Crippen molar-refractivity contribution in [3.8, 4) is 11.6 Å². The Morgan fingerprint density at radius 3 is 2.70 bits per heavy atom. The first-order chi connectivity index (χ1) is 14.4. The highest BCUT2D eigenvalue weighted by Crippen LogP contribution is 2.26.